The highest BCUT2D eigenvalue weighted by Crippen LogP contribution is 2.21. The van der Waals surface area contributed by atoms with E-state index < -0.39 is 0 Å². The van der Waals surface area contributed by atoms with Crippen molar-refractivity contribution in [2.24, 2.45) is 0 Å². The monoisotopic (exact) mass is 254 g/mol. The van der Waals surface area contributed by atoms with Crippen LogP contribution >= 0.6 is 0 Å². The third-order valence-corrected chi connectivity index (χ3v) is 4.18. The summed E-state index contributed by atoms with van der Waals surface area (Å²) in [5.41, 5.74) is 0. The zero-order valence-corrected chi connectivity index (χ0v) is 11.6. The van der Waals surface area contributed by atoms with Gasteiger partial charge in [-0.2, -0.15) is 0 Å². The molecule has 2 saturated heterocycles. The molecule has 0 spiro atoms. The molecule has 0 unspecified atom stereocenters. The van der Waals surface area contributed by atoms with Crippen molar-refractivity contribution < 1.29 is 9.53 Å². The van der Waals surface area contributed by atoms with E-state index in [1.165, 1.54) is 6.42 Å². The number of carbonyl (C=O) groups is 1. The molecule has 0 aromatic carbocycles. The summed E-state index contributed by atoms with van der Waals surface area (Å²) in [6.07, 6.45) is 6.47. The minimum atomic E-state index is 0.388. The van der Waals surface area contributed by atoms with E-state index in [1.54, 1.807) is 7.11 Å². The fourth-order valence-electron chi connectivity index (χ4n) is 3.10. The van der Waals surface area contributed by atoms with Gasteiger partial charge >= 0.3 is 0 Å². The Morgan fingerprint density at radius 2 is 2.00 bits per heavy atom. The molecule has 0 aliphatic carbocycles. The van der Waals surface area contributed by atoms with Crippen molar-refractivity contribution in [2.45, 2.75) is 44.6 Å². The Hall–Kier alpha value is -0.610. The maximum atomic E-state index is 11.9. The summed E-state index contributed by atoms with van der Waals surface area (Å²) in [6, 6.07) is 0.511. The number of methoxy groups -OCH3 is 1. The SMILES string of the molecule is COCCCN1CCC(N2CCCCC2=O)CC1. The smallest absolute Gasteiger partial charge is 0.222 e. The second-order valence-corrected chi connectivity index (χ2v) is 5.46. The molecule has 0 saturated carbocycles. The van der Waals surface area contributed by atoms with E-state index in [-0.39, 0.29) is 0 Å². The van der Waals surface area contributed by atoms with Crippen LogP contribution in [0.25, 0.3) is 0 Å². The predicted octanol–water partition coefficient (Wildman–Crippen LogP) is 1.50. The van der Waals surface area contributed by atoms with Crippen LogP contribution in [0.3, 0.4) is 0 Å². The molecule has 0 radical (unpaired) electrons. The van der Waals surface area contributed by atoms with E-state index >= 15 is 0 Å². The molecule has 0 aromatic rings. The van der Waals surface area contributed by atoms with Gasteiger partial charge in [-0.25, -0.2) is 0 Å². The van der Waals surface area contributed by atoms with Crippen molar-refractivity contribution >= 4 is 5.91 Å². The Balaban J connectivity index is 1.70. The summed E-state index contributed by atoms with van der Waals surface area (Å²) in [5, 5.41) is 0. The first-order valence-corrected chi connectivity index (χ1v) is 7.32. The quantitative estimate of drug-likeness (QED) is 0.697. The Kier molecular flexibility index (Phi) is 5.45. The fourth-order valence-corrected chi connectivity index (χ4v) is 3.10. The number of hydrogen-bond donors (Lipinski definition) is 0. The molecule has 4 heteroatoms. The van der Waals surface area contributed by atoms with E-state index in [0.717, 1.165) is 64.9 Å². The van der Waals surface area contributed by atoms with Crippen LogP contribution in [0.1, 0.15) is 38.5 Å². The predicted molar refractivity (Wildman–Crippen MR) is 71.5 cm³/mol. The van der Waals surface area contributed by atoms with E-state index in [4.69, 9.17) is 4.74 Å². The van der Waals surface area contributed by atoms with Crippen molar-refractivity contribution in [3.63, 3.8) is 0 Å². The summed E-state index contributed by atoms with van der Waals surface area (Å²) < 4.78 is 5.08. The van der Waals surface area contributed by atoms with Crippen LogP contribution in [0.2, 0.25) is 0 Å². The van der Waals surface area contributed by atoms with Gasteiger partial charge in [0.15, 0.2) is 0 Å². The number of piperidine rings is 2. The van der Waals surface area contributed by atoms with E-state index in [1.807, 2.05) is 0 Å². The van der Waals surface area contributed by atoms with E-state index in [9.17, 15) is 4.79 Å². The second kappa shape index (κ2) is 7.10. The summed E-state index contributed by atoms with van der Waals surface area (Å²) in [5.74, 6) is 0.388. The third-order valence-electron chi connectivity index (χ3n) is 4.18. The van der Waals surface area contributed by atoms with Crippen LogP contribution in [-0.4, -0.2) is 61.6 Å². The van der Waals surface area contributed by atoms with Crippen LogP contribution in [-0.2, 0) is 9.53 Å². The van der Waals surface area contributed by atoms with Crippen molar-refractivity contribution in [2.75, 3.05) is 39.9 Å². The van der Waals surface area contributed by atoms with Crippen molar-refractivity contribution in [3.8, 4) is 0 Å². The maximum Gasteiger partial charge on any atom is 0.222 e. The molecule has 0 bridgehead atoms. The van der Waals surface area contributed by atoms with Gasteiger partial charge in [-0.15, -0.1) is 0 Å². The van der Waals surface area contributed by atoms with Gasteiger partial charge in [0, 0.05) is 52.4 Å². The molecule has 0 atom stereocenters. The lowest BCUT2D eigenvalue weighted by Gasteiger charge is -2.40. The number of likely N-dealkylation sites (tertiary alicyclic amines) is 2. The zero-order valence-electron chi connectivity index (χ0n) is 11.6. The fraction of sp³-hybridized carbons (Fsp3) is 0.929. The topological polar surface area (TPSA) is 32.8 Å². The van der Waals surface area contributed by atoms with E-state index in [0.29, 0.717) is 11.9 Å². The molecule has 4 nitrogen and oxygen atoms in total. The van der Waals surface area contributed by atoms with Crippen molar-refractivity contribution in [1.29, 1.82) is 0 Å². The molecule has 2 aliphatic rings. The van der Waals surface area contributed by atoms with Crippen LogP contribution in [0.4, 0.5) is 0 Å². The number of carbonyl (C=O) groups excluding carboxylic acids is 1. The number of amides is 1. The summed E-state index contributed by atoms with van der Waals surface area (Å²) >= 11 is 0. The largest absolute Gasteiger partial charge is 0.385 e. The van der Waals surface area contributed by atoms with Crippen molar-refractivity contribution in [1.82, 2.24) is 9.80 Å². The van der Waals surface area contributed by atoms with Crippen LogP contribution in [0.5, 0.6) is 0 Å². The van der Waals surface area contributed by atoms with Gasteiger partial charge in [0.1, 0.15) is 0 Å². The van der Waals surface area contributed by atoms with Crippen LogP contribution < -0.4 is 0 Å². The second-order valence-electron chi connectivity index (χ2n) is 5.46. The standard InChI is InChI=1S/C14H26N2O2/c1-18-12-4-8-15-10-6-13(7-11-15)16-9-3-2-5-14(16)17/h13H,2-12H2,1H3. The first-order valence-electron chi connectivity index (χ1n) is 7.32. The molecular weight excluding hydrogens is 228 g/mol. The molecule has 2 fully saturated rings. The van der Waals surface area contributed by atoms with Crippen LogP contribution in [0.15, 0.2) is 0 Å². The molecule has 1 amide bonds. The first kappa shape index (κ1) is 13.8. The van der Waals surface area contributed by atoms with Crippen molar-refractivity contribution in [3.05, 3.63) is 0 Å². The van der Waals surface area contributed by atoms with Gasteiger partial charge < -0.3 is 14.5 Å². The molecule has 2 aliphatic heterocycles. The highest BCUT2D eigenvalue weighted by molar-refractivity contribution is 5.77. The average molecular weight is 254 g/mol. The minimum Gasteiger partial charge on any atom is -0.385 e. The Labute approximate surface area is 110 Å². The average Bonchev–Trinajstić information content (AvgIpc) is 2.41. The van der Waals surface area contributed by atoms with Gasteiger partial charge in [-0.3, -0.25) is 4.79 Å². The molecular formula is C14H26N2O2. The van der Waals surface area contributed by atoms with Gasteiger partial charge in [0.25, 0.3) is 0 Å². The number of hydrogen-bond acceptors (Lipinski definition) is 3. The summed E-state index contributed by atoms with van der Waals surface area (Å²) in [4.78, 5) is 16.5. The van der Waals surface area contributed by atoms with E-state index in [2.05, 4.69) is 9.80 Å². The minimum absolute atomic E-state index is 0.388. The Morgan fingerprint density at radius 3 is 2.67 bits per heavy atom. The maximum absolute atomic E-state index is 11.9. The lowest BCUT2D eigenvalue weighted by Crippen LogP contribution is -2.49. The molecule has 0 N–H and O–H groups in total. The summed E-state index contributed by atoms with van der Waals surface area (Å²) in [7, 11) is 1.76. The lowest BCUT2D eigenvalue weighted by atomic mass is 9.99. The summed E-state index contributed by atoms with van der Waals surface area (Å²) in [6.45, 7) is 5.25. The zero-order chi connectivity index (χ0) is 12.8. The Bertz CT molecular complexity index is 263. The highest BCUT2D eigenvalue weighted by atomic mass is 16.5. The van der Waals surface area contributed by atoms with Gasteiger partial charge in [0.2, 0.25) is 5.91 Å². The third kappa shape index (κ3) is 3.69. The molecule has 2 heterocycles. The molecule has 104 valence electrons. The Morgan fingerprint density at radius 1 is 1.22 bits per heavy atom. The number of rotatable bonds is 5. The number of nitrogens with zero attached hydrogens (tertiary/aromatic N) is 2. The molecule has 2 rings (SSSR count). The normalized spacial score (nSPS) is 23.6. The van der Waals surface area contributed by atoms with Gasteiger partial charge in [-0.1, -0.05) is 0 Å². The molecule has 18 heavy (non-hydrogen) atoms. The number of ether oxygens (including phenoxy) is 1. The highest BCUT2D eigenvalue weighted by Gasteiger charge is 2.28. The van der Waals surface area contributed by atoms with Gasteiger partial charge in [0.05, 0.1) is 0 Å². The first-order chi connectivity index (χ1) is 8.81. The molecule has 0 aromatic heterocycles. The van der Waals surface area contributed by atoms with Crippen LogP contribution in [0, 0.1) is 0 Å². The lowest BCUT2D eigenvalue weighted by molar-refractivity contribution is -0.136. The van der Waals surface area contributed by atoms with Gasteiger partial charge in [-0.05, 0) is 32.1 Å².